The molecular formula is C14H10AsNO5. The first-order chi connectivity index (χ1) is 9.89. The van der Waals surface area contributed by atoms with Gasteiger partial charge in [0.1, 0.15) is 0 Å². The van der Waals surface area contributed by atoms with E-state index in [1.165, 1.54) is 24.3 Å². The number of benzene rings is 2. The Kier molecular flexibility index (Phi) is 3.09. The molecule has 1 heterocycles. The molecule has 0 saturated heterocycles. The van der Waals surface area contributed by atoms with Crippen molar-refractivity contribution >= 4 is 36.0 Å². The SMILES string of the molecule is O=C1c2ccccc2C(=O)N1c1ccc([As](=O)(O)O)cc1. The number of fused-ring (bicyclic) bond motifs is 1. The molecule has 0 atom stereocenters. The van der Waals surface area contributed by atoms with Crippen LogP contribution in [0.25, 0.3) is 0 Å². The average Bonchev–Trinajstić information content (AvgIpc) is 2.71. The van der Waals surface area contributed by atoms with Crippen molar-refractivity contribution in [2.45, 2.75) is 0 Å². The number of rotatable bonds is 2. The number of carbonyl (C=O) groups is 2. The van der Waals surface area contributed by atoms with E-state index >= 15 is 0 Å². The second-order valence-electron chi connectivity index (χ2n) is 4.55. The maximum atomic E-state index is 12.2. The second kappa shape index (κ2) is 4.70. The number of hydrogen-bond donors (Lipinski definition) is 2. The summed E-state index contributed by atoms with van der Waals surface area (Å²) in [5.74, 6) is -0.880. The maximum absolute atomic E-state index is 12.2. The second-order valence-corrected chi connectivity index (χ2v) is 7.92. The van der Waals surface area contributed by atoms with E-state index in [0.29, 0.717) is 11.1 Å². The molecule has 21 heavy (non-hydrogen) atoms. The molecule has 1 aliphatic rings. The van der Waals surface area contributed by atoms with Crippen molar-refractivity contribution in [1.29, 1.82) is 0 Å². The van der Waals surface area contributed by atoms with Gasteiger partial charge in [-0.15, -0.1) is 0 Å². The summed E-state index contributed by atoms with van der Waals surface area (Å²) in [6.45, 7) is 0. The molecule has 7 heteroatoms. The van der Waals surface area contributed by atoms with E-state index in [1.54, 1.807) is 24.3 Å². The van der Waals surface area contributed by atoms with Crippen LogP contribution in [-0.2, 0) is 3.74 Å². The van der Waals surface area contributed by atoms with Gasteiger partial charge in [-0.2, -0.15) is 0 Å². The molecule has 106 valence electrons. The van der Waals surface area contributed by atoms with Crippen LogP contribution in [0.2, 0.25) is 0 Å². The standard InChI is InChI=1S/C14H10AsNO5/c17-13-11-3-1-2-4-12(11)14(18)16(13)10-7-5-9(6-8-10)15(19,20)21/h1-8H,(H2,19,20,21). The zero-order valence-corrected chi connectivity index (χ0v) is 12.5. The van der Waals surface area contributed by atoms with Crippen molar-refractivity contribution in [2.75, 3.05) is 4.90 Å². The first-order valence-electron chi connectivity index (χ1n) is 6.03. The van der Waals surface area contributed by atoms with Gasteiger partial charge >= 0.3 is 122 Å². The van der Waals surface area contributed by atoms with Gasteiger partial charge in [0.2, 0.25) is 0 Å². The number of anilines is 1. The Morgan fingerprint density at radius 1 is 0.810 bits per heavy atom. The van der Waals surface area contributed by atoms with Gasteiger partial charge in [-0.25, -0.2) is 0 Å². The third-order valence-corrected chi connectivity index (χ3v) is 5.28. The molecule has 0 aliphatic carbocycles. The van der Waals surface area contributed by atoms with Gasteiger partial charge in [-0.1, -0.05) is 0 Å². The van der Waals surface area contributed by atoms with E-state index in [0.717, 1.165) is 4.90 Å². The van der Waals surface area contributed by atoms with Crippen molar-refractivity contribution < 1.29 is 21.5 Å². The molecule has 0 radical (unpaired) electrons. The summed E-state index contributed by atoms with van der Waals surface area (Å²) < 4.78 is 29.3. The Hall–Kier alpha value is -2.14. The predicted octanol–water partition coefficient (Wildman–Crippen LogP) is 0.0482. The normalized spacial score (nSPS) is 14.5. The molecule has 0 bridgehead atoms. The van der Waals surface area contributed by atoms with E-state index in [-0.39, 0.29) is 10.0 Å². The van der Waals surface area contributed by atoms with Gasteiger partial charge in [0.15, 0.2) is 0 Å². The number of hydrogen-bond acceptors (Lipinski definition) is 3. The summed E-state index contributed by atoms with van der Waals surface area (Å²) in [6, 6.07) is 11.7. The van der Waals surface area contributed by atoms with Crippen LogP contribution in [-0.4, -0.2) is 34.2 Å². The molecule has 2 N–H and O–H groups in total. The third-order valence-electron chi connectivity index (χ3n) is 3.24. The van der Waals surface area contributed by atoms with E-state index < -0.39 is 26.0 Å². The van der Waals surface area contributed by atoms with Crippen molar-refractivity contribution in [2.24, 2.45) is 0 Å². The molecule has 2 amide bonds. The van der Waals surface area contributed by atoms with Gasteiger partial charge in [0, 0.05) is 0 Å². The molecule has 1 aliphatic heterocycles. The minimum atomic E-state index is -4.97. The summed E-state index contributed by atoms with van der Waals surface area (Å²) >= 11 is -4.97. The monoisotopic (exact) mass is 347 g/mol. The number of carbonyl (C=O) groups excluding carboxylic acids is 2. The van der Waals surface area contributed by atoms with Crippen molar-refractivity contribution in [3.05, 3.63) is 59.7 Å². The predicted molar refractivity (Wildman–Crippen MR) is 74.5 cm³/mol. The van der Waals surface area contributed by atoms with Crippen LogP contribution in [0.4, 0.5) is 5.69 Å². The van der Waals surface area contributed by atoms with Gasteiger partial charge in [0.25, 0.3) is 0 Å². The quantitative estimate of drug-likeness (QED) is 0.591. The van der Waals surface area contributed by atoms with Crippen LogP contribution < -0.4 is 9.25 Å². The number of nitrogens with zero attached hydrogens (tertiary/aromatic N) is 1. The molecule has 3 rings (SSSR count). The van der Waals surface area contributed by atoms with Crippen molar-refractivity contribution in [1.82, 2.24) is 0 Å². The van der Waals surface area contributed by atoms with Crippen LogP contribution in [0.5, 0.6) is 0 Å². The summed E-state index contributed by atoms with van der Waals surface area (Å²) in [5, 5.41) is 0. The first-order valence-corrected chi connectivity index (χ1v) is 9.42. The Labute approximate surface area is 122 Å². The number of amides is 2. The Morgan fingerprint density at radius 2 is 1.29 bits per heavy atom. The topological polar surface area (TPSA) is 94.9 Å². The summed E-state index contributed by atoms with van der Waals surface area (Å²) in [6.07, 6.45) is 0. The molecular weight excluding hydrogens is 337 g/mol. The Balaban J connectivity index is 2.02. The molecule has 2 aromatic rings. The third kappa shape index (κ3) is 2.23. The van der Waals surface area contributed by atoms with Gasteiger partial charge in [0.05, 0.1) is 0 Å². The number of imide groups is 1. The zero-order valence-electron chi connectivity index (χ0n) is 10.6. The van der Waals surface area contributed by atoms with Gasteiger partial charge in [-0.05, 0) is 0 Å². The van der Waals surface area contributed by atoms with Crippen molar-refractivity contribution in [3.63, 3.8) is 0 Å². The van der Waals surface area contributed by atoms with E-state index in [9.17, 15) is 13.3 Å². The Bertz CT molecular complexity index is 758. The van der Waals surface area contributed by atoms with Crippen molar-refractivity contribution in [3.8, 4) is 0 Å². The molecule has 2 aromatic carbocycles. The molecule has 0 unspecified atom stereocenters. The fraction of sp³-hybridized carbons (Fsp3) is 0. The van der Waals surface area contributed by atoms with Crippen LogP contribution in [0.1, 0.15) is 20.7 Å². The molecule has 6 nitrogen and oxygen atoms in total. The van der Waals surface area contributed by atoms with Crippen LogP contribution >= 0.6 is 0 Å². The zero-order chi connectivity index (χ0) is 15.2. The average molecular weight is 347 g/mol. The van der Waals surface area contributed by atoms with E-state index in [1.807, 2.05) is 0 Å². The molecule has 0 aromatic heterocycles. The first kappa shape index (κ1) is 13.8. The Morgan fingerprint density at radius 3 is 1.71 bits per heavy atom. The van der Waals surface area contributed by atoms with E-state index in [2.05, 4.69) is 0 Å². The fourth-order valence-electron chi connectivity index (χ4n) is 2.22. The van der Waals surface area contributed by atoms with Gasteiger partial charge < -0.3 is 0 Å². The molecule has 0 saturated carbocycles. The summed E-state index contributed by atoms with van der Waals surface area (Å²) in [5.41, 5.74) is 0.935. The minimum absolute atomic E-state index is 0.103. The van der Waals surface area contributed by atoms with Crippen LogP contribution in [0.15, 0.2) is 48.5 Å². The summed E-state index contributed by atoms with van der Waals surface area (Å²) in [4.78, 5) is 25.5. The van der Waals surface area contributed by atoms with Gasteiger partial charge in [-0.3, -0.25) is 0 Å². The van der Waals surface area contributed by atoms with Crippen LogP contribution in [0.3, 0.4) is 0 Å². The molecule has 0 spiro atoms. The fourth-order valence-corrected chi connectivity index (χ4v) is 3.35. The molecule has 0 fully saturated rings. The van der Waals surface area contributed by atoms with Crippen LogP contribution in [0, 0.1) is 0 Å². The summed E-state index contributed by atoms with van der Waals surface area (Å²) in [7, 11) is 0. The van der Waals surface area contributed by atoms with E-state index in [4.69, 9.17) is 8.19 Å².